The van der Waals surface area contributed by atoms with Gasteiger partial charge in [-0.25, -0.2) is 0 Å². The predicted molar refractivity (Wildman–Crippen MR) is 63.7 cm³/mol. The number of furan rings is 1. The Balaban J connectivity index is 2.03. The SMILES string of the molecule is CNC(=O)c1cc(NCc2ccco2)ccn1. The lowest BCUT2D eigenvalue weighted by Gasteiger charge is -2.05. The van der Waals surface area contributed by atoms with Gasteiger partial charge in [0, 0.05) is 18.9 Å². The lowest BCUT2D eigenvalue weighted by molar-refractivity contribution is 0.0958. The van der Waals surface area contributed by atoms with Crippen LogP contribution in [-0.2, 0) is 6.54 Å². The van der Waals surface area contributed by atoms with Crippen molar-refractivity contribution >= 4 is 11.6 Å². The van der Waals surface area contributed by atoms with Gasteiger partial charge in [0.2, 0.25) is 0 Å². The number of carbonyl (C=O) groups excluding carboxylic acids is 1. The monoisotopic (exact) mass is 231 g/mol. The highest BCUT2D eigenvalue weighted by molar-refractivity contribution is 5.92. The van der Waals surface area contributed by atoms with Crippen molar-refractivity contribution in [3.8, 4) is 0 Å². The Morgan fingerprint density at radius 2 is 2.35 bits per heavy atom. The minimum Gasteiger partial charge on any atom is -0.467 e. The fraction of sp³-hybridized carbons (Fsp3) is 0.167. The summed E-state index contributed by atoms with van der Waals surface area (Å²) < 4.78 is 5.20. The van der Waals surface area contributed by atoms with Crippen LogP contribution in [0.2, 0.25) is 0 Å². The van der Waals surface area contributed by atoms with Crippen molar-refractivity contribution in [3.63, 3.8) is 0 Å². The van der Waals surface area contributed by atoms with Crippen molar-refractivity contribution in [2.24, 2.45) is 0 Å². The van der Waals surface area contributed by atoms with Crippen molar-refractivity contribution < 1.29 is 9.21 Å². The van der Waals surface area contributed by atoms with Crippen LogP contribution >= 0.6 is 0 Å². The standard InChI is InChI=1S/C12H13N3O2/c1-13-12(16)11-7-9(4-5-14-11)15-8-10-3-2-6-17-10/h2-7H,8H2,1H3,(H,13,16)(H,14,15). The second kappa shape index (κ2) is 5.16. The first-order valence-electron chi connectivity index (χ1n) is 5.24. The number of nitrogens with zero attached hydrogens (tertiary/aromatic N) is 1. The summed E-state index contributed by atoms with van der Waals surface area (Å²) in [5.41, 5.74) is 1.21. The van der Waals surface area contributed by atoms with Gasteiger partial charge in [0.1, 0.15) is 11.5 Å². The number of hydrogen-bond donors (Lipinski definition) is 2. The molecular formula is C12H13N3O2. The minimum absolute atomic E-state index is 0.202. The summed E-state index contributed by atoms with van der Waals surface area (Å²) in [5, 5.41) is 5.68. The van der Waals surface area contributed by atoms with E-state index in [2.05, 4.69) is 15.6 Å². The maximum Gasteiger partial charge on any atom is 0.269 e. The van der Waals surface area contributed by atoms with Gasteiger partial charge in [-0.3, -0.25) is 9.78 Å². The maximum absolute atomic E-state index is 11.4. The Morgan fingerprint density at radius 3 is 3.06 bits per heavy atom. The zero-order chi connectivity index (χ0) is 12.1. The average molecular weight is 231 g/mol. The molecule has 2 aromatic rings. The normalized spacial score (nSPS) is 9.94. The van der Waals surface area contributed by atoms with Gasteiger partial charge in [-0.1, -0.05) is 0 Å². The van der Waals surface area contributed by atoms with E-state index in [1.807, 2.05) is 12.1 Å². The number of hydrogen-bond acceptors (Lipinski definition) is 4. The number of anilines is 1. The first-order valence-corrected chi connectivity index (χ1v) is 5.24. The van der Waals surface area contributed by atoms with E-state index in [1.165, 1.54) is 0 Å². The quantitative estimate of drug-likeness (QED) is 0.839. The Kier molecular flexibility index (Phi) is 3.40. The molecule has 0 aliphatic rings. The third-order valence-electron chi connectivity index (χ3n) is 2.27. The molecule has 2 N–H and O–H groups in total. The molecule has 0 bridgehead atoms. The van der Waals surface area contributed by atoms with E-state index < -0.39 is 0 Å². The van der Waals surface area contributed by atoms with E-state index in [0.717, 1.165) is 11.4 Å². The van der Waals surface area contributed by atoms with E-state index >= 15 is 0 Å². The third kappa shape index (κ3) is 2.84. The maximum atomic E-state index is 11.4. The summed E-state index contributed by atoms with van der Waals surface area (Å²) in [4.78, 5) is 15.4. The van der Waals surface area contributed by atoms with Crippen LogP contribution in [-0.4, -0.2) is 17.9 Å². The van der Waals surface area contributed by atoms with Crippen LogP contribution < -0.4 is 10.6 Å². The second-order valence-corrected chi connectivity index (χ2v) is 3.44. The van der Waals surface area contributed by atoms with Gasteiger partial charge in [-0.2, -0.15) is 0 Å². The highest BCUT2D eigenvalue weighted by atomic mass is 16.3. The van der Waals surface area contributed by atoms with Crippen LogP contribution in [0.5, 0.6) is 0 Å². The molecule has 5 heteroatoms. The summed E-state index contributed by atoms with van der Waals surface area (Å²) in [7, 11) is 1.58. The lowest BCUT2D eigenvalue weighted by Crippen LogP contribution is -2.19. The molecule has 0 fully saturated rings. The summed E-state index contributed by atoms with van der Waals surface area (Å²) in [6, 6.07) is 7.21. The summed E-state index contributed by atoms with van der Waals surface area (Å²) in [5.74, 6) is 0.634. The zero-order valence-corrected chi connectivity index (χ0v) is 9.43. The largest absolute Gasteiger partial charge is 0.467 e. The third-order valence-corrected chi connectivity index (χ3v) is 2.27. The van der Waals surface area contributed by atoms with Crippen molar-refractivity contribution in [3.05, 3.63) is 48.2 Å². The molecule has 1 amide bonds. The summed E-state index contributed by atoms with van der Waals surface area (Å²) >= 11 is 0. The van der Waals surface area contributed by atoms with E-state index in [1.54, 1.807) is 31.6 Å². The van der Waals surface area contributed by atoms with E-state index in [-0.39, 0.29) is 5.91 Å². The predicted octanol–water partition coefficient (Wildman–Crippen LogP) is 1.65. The molecule has 0 aromatic carbocycles. The molecule has 2 rings (SSSR count). The fourth-order valence-electron chi connectivity index (χ4n) is 1.40. The molecule has 88 valence electrons. The van der Waals surface area contributed by atoms with Gasteiger partial charge in [0.15, 0.2) is 0 Å². The number of pyridine rings is 1. The number of rotatable bonds is 4. The van der Waals surface area contributed by atoms with Crippen LogP contribution in [0.15, 0.2) is 41.1 Å². The second-order valence-electron chi connectivity index (χ2n) is 3.44. The van der Waals surface area contributed by atoms with Gasteiger partial charge >= 0.3 is 0 Å². The number of carbonyl (C=O) groups is 1. The fourth-order valence-corrected chi connectivity index (χ4v) is 1.40. The molecule has 2 aromatic heterocycles. The van der Waals surface area contributed by atoms with Crippen LogP contribution in [0.4, 0.5) is 5.69 Å². The highest BCUT2D eigenvalue weighted by Crippen LogP contribution is 2.10. The molecule has 5 nitrogen and oxygen atoms in total. The van der Waals surface area contributed by atoms with Crippen LogP contribution in [0.3, 0.4) is 0 Å². The van der Waals surface area contributed by atoms with Crippen molar-refractivity contribution in [2.75, 3.05) is 12.4 Å². The first kappa shape index (κ1) is 11.2. The van der Waals surface area contributed by atoms with Gasteiger partial charge in [-0.15, -0.1) is 0 Å². The zero-order valence-electron chi connectivity index (χ0n) is 9.43. The first-order chi connectivity index (χ1) is 8.29. The summed E-state index contributed by atoms with van der Waals surface area (Å²) in [6.45, 7) is 0.574. The molecule has 17 heavy (non-hydrogen) atoms. The topological polar surface area (TPSA) is 67.2 Å². The van der Waals surface area contributed by atoms with Crippen molar-refractivity contribution in [2.45, 2.75) is 6.54 Å². The van der Waals surface area contributed by atoms with Crippen LogP contribution in [0.1, 0.15) is 16.2 Å². The Morgan fingerprint density at radius 1 is 1.47 bits per heavy atom. The molecule has 0 atom stereocenters. The average Bonchev–Trinajstić information content (AvgIpc) is 2.89. The molecular weight excluding hydrogens is 218 g/mol. The Labute approximate surface area is 98.9 Å². The molecule has 2 heterocycles. The van der Waals surface area contributed by atoms with Gasteiger partial charge in [0.25, 0.3) is 5.91 Å². The number of aromatic nitrogens is 1. The molecule has 0 saturated heterocycles. The molecule has 0 unspecified atom stereocenters. The molecule has 0 radical (unpaired) electrons. The molecule has 0 spiro atoms. The molecule has 0 saturated carbocycles. The Hall–Kier alpha value is -2.30. The van der Waals surface area contributed by atoms with Crippen LogP contribution in [0.25, 0.3) is 0 Å². The van der Waals surface area contributed by atoms with E-state index in [4.69, 9.17) is 4.42 Å². The number of nitrogens with one attached hydrogen (secondary N) is 2. The number of amides is 1. The van der Waals surface area contributed by atoms with Crippen molar-refractivity contribution in [1.29, 1.82) is 0 Å². The molecule has 0 aliphatic heterocycles. The van der Waals surface area contributed by atoms with E-state index in [9.17, 15) is 4.79 Å². The minimum atomic E-state index is -0.202. The smallest absolute Gasteiger partial charge is 0.269 e. The molecule has 0 aliphatic carbocycles. The highest BCUT2D eigenvalue weighted by Gasteiger charge is 2.05. The van der Waals surface area contributed by atoms with Crippen LogP contribution in [0, 0.1) is 0 Å². The lowest BCUT2D eigenvalue weighted by atomic mass is 10.3. The van der Waals surface area contributed by atoms with E-state index in [0.29, 0.717) is 12.2 Å². The van der Waals surface area contributed by atoms with Gasteiger partial charge < -0.3 is 15.1 Å². The summed E-state index contributed by atoms with van der Waals surface area (Å²) in [6.07, 6.45) is 3.22. The van der Waals surface area contributed by atoms with Gasteiger partial charge in [-0.05, 0) is 24.3 Å². The Bertz CT molecular complexity index is 494. The van der Waals surface area contributed by atoms with Gasteiger partial charge in [0.05, 0.1) is 12.8 Å². The van der Waals surface area contributed by atoms with Crippen molar-refractivity contribution in [1.82, 2.24) is 10.3 Å².